The molecule has 16 rings (SSSR count). The van der Waals surface area contributed by atoms with Crippen molar-refractivity contribution in [3.8, 4) is 0 Å². The first-order chi connectivity index (χ1) is 46.2. The number of hydrogen-bond acceptors (Lipinski definition) is 16. The second kappa shape index (κ2) is 31.2. The van der Waals surface area contributed by atoms with Gasteiger partial charge in [-0.3, -0.25) is 0 Å². The Kier molecular flexibility index (Phi) is 22.6. The smallest absolute Gasteiger partial charge is 0.138 e. The highest BCUT2D eigenvalue weighted by molar-refractivity contribution is 7.19. The molecule has 9 heterocycles. The Balaban J connectivity index is 0.000000115. The number of hydrogen-bond donors (Lipinski definition) is 5. The van der Waals surface area contributed by atoms with Crippen LogP contribution in [0.15, 0.2) is 30.9 Å². The number of nitrogens with zero attached hydrogens (tertiary/aromatic N) is 8. The van der Waals surface area contributed by atoms with E-state index in [0.717, 1.165) is 90.4 Å². The van der Waals surface area contributed by atoms with Crippen LogP contribution in [-0.4, -0.2) is 84.2 Å². The summed E-state index contributed by atoms with van der Waals surface area (Å²) in [5.41, 5.74) is 12.6. The Morgan fingerprint density at radius 1 is 0.495 bits per heavy atom. The number of aryl methyl sites for hydroxylation is 3. The van der Waals surface area contributed by atoms with Gasteiger partial charge in [-0.25, -0.2) is 39.9 Å². The summed E-state index contributed by atoms with van der Waals surface area (Å²) in [7, 11) is 0. The summed E-state index contributed by atoms with van der Waals surface area (Å²) in [6.07, 6.45) is 46.6. The average molecular weight is 1340 g/mol. The van der Waals surface area contributed by atoms with E-state index in [1.165, 1.54) is 262 Å². The standard InChI is InChI=1S/C22H32N2.C20H29N3S.C19H28N4S.C18H26N4S/c1-3-15-5-7-17(8-6-15)12-20-22-19-10-9-16(4-2)11-18(19)13-21(22)24-14-23-20;1-12(2)14-5-7-15(8-6-14)23-19-18-16-10-13(3)4-9-17(16)24-20(18)22-11-21-19;1-19(2)9-3-8-14-16(19)15-17(21-12-22-18(15)24-14)23-13-6-4-10-20-11-5-7-13;1-18(2)8-7-13-15(18)14-16(20-11-21-17(14)23-13)22-12-5-3-9-19-10-4-6-12/h14-17H,3-13H2,1-2H3;11-15H,4-10H2,1-3H3,(H,21,22,23);12-13,20H,3-11H2,1-2H3,(H,21,22,23);11-12,19H,3-10H2,1-2H3,(H,20,21,22)/t;13-,14?,15?;;/m.1../s1. The van der Waals surface area contributed by atoms with Crippen molar-refractivity contribution in [2.75, 3.05) is 42.1 Å². The van der Waals surface area contributed by atoms with Crippen molar-refractivity contribution in [3.63, 3.8) is 0 Å². The number of thiophene rings is 3. The van der Waals surface area contributed by atoms with Crippen LogP contribution in [0, 0.1) is 35.5 Å². The molecule has 16 heteroatoms. The average Bonchev–Trinajstić information content (AvgIpc) is 1.61. The molecule has 7 aromatic rings. The molecule has 4 fully saturated rings. The first kappa shape index (κ1) is 68.8. The number of allylic oxidation sites excluding steroid dienone is 2. The highest BCUT2D eigenvalue weighted by Crippen LogP contribution is 2.51. The van der Waals surface area contributed by atoms with Gasteiger partial charge in [-0.15, -0.1) is 34.0 Å². The molecule has 7 aliphatic carbocycles. The van der Waals surface area contributed by atoms with Crippen LogP contribution in [0.25, 0.3) is 36.2 Å². The van der Waals surface area contributed by atoms with Gasteiger partial charge in [0.15, 0.2) is 0 Å². The summed E-state index contributed by atoms with van der Waals surface area (Å²) in [6, 6.07) is 1.65. The van der Waals surface area contributed by atoms with E-state index in [1.54, 1.807) is 35.0 Å². The van der Waals surface area contributed by atoms with E-state index in [4.69, 9.17) is 4.98 Å². The van der Waals surface area contributed by atoms with Crippen LogP contribution < -0.4 is 26.6 Å². The molecule has 9 aliphatic rings. The molecule has 2 saturated carbocycles. The fourth-order valence-electron chi connectivity index (χ4n) is 18.3. The molecule has 0 spiro atoms. The monoisotopic (exact) mass is 1340 g/mol. The lowest BCUT2D eigenvalue weighted by atomic mass is 9.75. The first-order valence-electron chi connectivity index (χ1n) is 38.2. The predicted octanol–water partition coefficient (Wildman–Crippen LogP) is 19.3. The highest BCUT2D eigenvalue weighted by Gasteiger charge is 2.38. The third-order valence-electron chi connectivity index (χ3n) is 24.2. The second-order valence-electron chi connectivity index (χ2n) is 32.1. The predicted molar refractivity (Wildman–Crippen MR) is 402 cm³/mol. The molecule has 13 nitrogen and oxygen atoms in total. The molecule has 0 aromatic carbocycles. The van der Waals surface area contributed by atoms with Gasteiger partial charge in [-0.1, -0.05) is 93.6 Å². The maximum atomic E-state index is 4.77. The summed E-state index contributed by atoms with van der Waals surface area (Å²) in [5.74, 6) is 8.49. The first-order valence-corrected chi connectivity index (χ1v) is 40.7. The topological polar surface area (TPSA) is 163 Å². The Hall–Kier alpha value is -4.74. The molecule has 1 unspecified atom stereocenters. The minimum atomic E-state index is 0.234. The zero-order valence-corrected chi connectivity index (χ0v) is 62.0. The van der Waals surface area contributed by atoms with Crippen LogP contribution in [0.2, 0.25) is 0 Å². The van der Waals surface area contributed by atoms with Gasteiger partial charge in [0.2, 0.25) is 0 Å². The van der Waals surface area contributed by atoms with Crippen LogP contribution in [0.3, 0.4) is 0 Å². The van der Waals surface area contributed by atoms with Gasteiger partial charge in [0.05, 0.1) is 27.5 Å². The van der Waals surface area contributed by atoms with E-state index in [9.17, 15) is 0 Å². The van der Waals surface area contributed by atoms with Crippen LogP contribution in [-0.2, 0) is 49.4 Å². The van der Waals surface area contributed by atoms with Gasteiger partial charge < -0.3 is 26.6 Å². The quantitative estimate of drug-likeness (QED) is 0.0832. The molecular weight excluding hydrogens is 1230 g/mol. The maximum Gasteiger partial charge on any atom is 0.138 e. The van der Waals surface area contributed by atoms with E-state index in [-0.39, 0.29) is 10.8 Å². The van der Waals surface area contributed by atoms with Crippen molar-refractivity contribution in [3.05, 3.63) is 79.2 Å². The third-order valence-corrected chi connectivity index (χ3v) is 27.7. The molecule has 0 amide bonds. The van der Waals surface area contributed by atoms with Gasteiger partial charge in [0.1, 0.15) is 57.3 Å². The van der Waals surface area contributed by atoms with Gasteiger partial charge in [0.25, 0.3) is 0 Å². The zero-order chi connectivity index (χ0) is 65.6. The van der Waals surface area contributed by atoms with Crippen LogP contribution in [0.5, 0.6) is 0 Å². The largest absolute Gasteiger partial charge is 0.367 e. The van der Waals surface area contributed by atoms with Crippen molar-refractivity contribution in [2.24, 2.45) is 35.5 Å². The molecule has 2 atom stereocenters. The van der Waals surface area contributed by atoms with Crippen LogP contribution >= 0.6 is 34.0 Å². The van der Waals surface area contributed by atoms with E-state index in [0.29, 0.717) is 18.1 Å². The normalized spacial score (nSPS) is 25.2. The van der Waals surface area contributed by atoms with Gasteiger partial charge >= 0.3 is 0 Å². The molecule has 2 aliphatic heterocycles. The summed E-state index contributed by atoms with van der Waals surface area (Å²) in [6.45, 7) is 25.8. The van der Waals surface area contributed by atoms with Gasteiger partial charge in [-0.2, -0.15) is 0 Å². The van der Waals surface area contributed by atoms with Crippen molar-refractivity contribution in [1.29, 1.82) is 0 Å². The Labute approximate surface area is 581 Å². The second-order valence-corrected chi connectivity index (χ2v) is 35.4. The van der Waals surface area contributed by atoms with Crippen LogP contribution in [0.4, 0.5) is 17.5 Å². The SMILES string of the molecule is CC(C)C1CCC(Nc2ncnc3sc4c(c23)C[C@H](C)CC4)CC1.CC1(C)CCCc2sc3ncnc(NC4CCCNCCC4)c3c21.CC1(C)CCc2sc3ncnc(NC4CCCNCCC4)c3c21.CCC1CCC(Cc2ncnc3c2C2=C(C3)CC(CC)CC2)CC1. The number of nitrogens with one attached hydrogen (secondary N) is 5. The third kappa shape index (κ3) is 16.0. The van der Waals surface area contributed by atoms with E-state index in [1.807, 2.05) is 40.3 Å². The lowest BCUT2D eigenvalue weighted by molar-refractivity contribution is 0.267. The molecule has 514 valence electrons. The fraction of sp³-hybridized carbons (Fsp3) is 0.696. The number of anilines is 3. The zero-order valence-electron chi connectivity index (χ0n) is 59.6. The molecular formula is C79H115N13S3. The number of rotatable bonds is 11. The van der Waals surface area contributed by atoms with Crippen molar-refractivity contribution >= 4 is 87.7 Å². The summed E-state index contributed by atoms with van der Waals surface area (Å²) >= 11 is 5.65. The minimum Gasteiger partial charge on any atom is -0.367 e. The van der Waals surface area contributed by atoms with Crippen LogP contribution in [0.1, 0.15) is 271 Å². The van der Waals surface area contributed by atoms with E-state index >= 15 is 0 Å². The summed E-state index contributed by atoms with van der Waals surface area (Å²) in [5, 5.41) is 22.3. The number of fused-ring (bicyclic) bond motifs is 11. The molecule has 0 bridgehead atoms. The Bertz CT molecular complexity index is 3710. The highest BCUT2D eigenvalue weighted by atomic mass is 32.1. The van der Waals surface area contributed by atoms with Gasteiger partial charge in [0, 0.05) is 44.7 Å². The summed E-state index contributed by atoms with van der Waals surface area (Å²) in [4.78, 5) is 45.2. The van der Waals surface area contributed by atoms with Gasteiger partial charge in [-0.05, 0) is 262 Å². The van der Waals surface area contributed by atoms with E-state index in [2.05, 4.69) is 124 Å². The number of aromatic nitrogens is 8. The fourth-order valence-corrected chi connectivity index (χ4v) is 22.2. The van der Waals surface area contributed by atoms with Crippen molar-refractivity contribution in [2.45, 2.75) is 290 Å². The Morgan fingerprint density at radius 3 is 1.59 bits per heavy atom. The van der Waals surface area contributed by atoms with Crippen molar-refractivity contribution in [1.82, 2.24) is 50.5 Å². The van der Waals surface area contributed by atoms with Crippen molar-refractivity contribution < 1.29 is 0 Å². The molecule has 5 N–H and O–H groups in total. The summed E-state index contributed by atoms with van der Waals surface area (Å²) < 4.78 is 0. The Morgan fingerprint density at radius 2 is 1.01 bits per heavy atom. The molecule has 95 heavy (non-hydrogen) atoms. The molecule has 2 saturated heterocycles. The lowest BCUT2D eigenvalue weighted by Crippen LogP contribution is -2.28. The minimum absolute atomic E-state index is 0.234. The maximum absolute atomic E-state index is 4.77. The lowest BCUT2D eigenvalue weighted by Gasteiger charge is -2.31. The van der Waals surface area contributed by atoms with E-state index < -0.39 is 0 Å². The molecule has 0 radical (unpaired) electrons. The molecule has 7 aromatic heterocycles.